The molecule has 0 bridgehead atoms. The Hall–Kier alpha value is -1.60. The van der Waals surface area contributed by atoms with Gasteiger partial charge in [0.15, 0.2) is 4.34 Å². The number of carbonyl (C=O) groups is 1. The van der Waals surface area contributed by atoms with Gasteiger partial charge in [-0.25, -0.2) is 0 Å². The van der Waals surface area contributed by atoms with E-state index < -0.39 is 0 Å². The van der Waals surface area contributed by atoms with E-state index in [1.807, 2.05) is 18.2 Å². The molecular formula is C12H14N4OS2. The van der Waals surface area contributed by atoms with Crippen LogP contribution in [-0.4, -0.2) is 28.9 Å². The largest absolute Gasteiger partial charge is 0.358 e. The molecule has 0 saturated carbocycles. The molecule has 100 valence electrons. The van der Waals surface area contributed by atoms with Crippen molar-refractivity contribution < 1.29 is 4.79 Å². The predicted molar refractivity (Wildman–Crippen MR) is 78.5 cm³/mol. The number of thioether (sulfide) groups is 1. The number of carbonyl (C=O) groups excluding carboxylic acids is 1. The zero-order valence-electron chi connectivity index (χ0n) is 10.4. The molecule has 0 fully saturated rings. The number of hydrogen-bond acceptors (Lipinski definition) is 6. The third-order valence-corrected chi connectivity index (χ3v) is 4.31. The van der Waals surface area contributed by atoms with Gasteiger partial charge >= 0.3 is 0 Å². The van der Waals surface area contributed by atoms with Crippen molar-refractivity contribution in [2.24, 2.45) is 0 Å². The second-order valence-electron chi connectivity index (χ2n) is 3.67. The van der Waals surface area contributed by atoms with Gasteiger partial charge in [0.05, 0.1) is 5.75 Å². The normalized spacial score (nSPS) is 10.2. The van der Waals surface area contributed by atoms with Gasteiger partial charge in [0.2, 0.25) is 11.0 Å². The first-order valence-electron chi connectivity index (χ1n) is 5.72. The standard InChI is InChI=1S/C12H14N4OS2/c1-13-10(17)8-18-12-16-15-11(19-12)14-7-9-5-3-2-4-6-9/h2-6H,7-8H2,1H3,(H,13,17)(H,14,15). The van der Waals surface area contributed by atoms with Crippen molar-refractivity contribution in [1.82, 2.24) is 15.5 Å². The summed E-state index contributed by atoms with van der Waals surface area (Å²) in [5.74, 6) is 0.350. The van der Waals surface area contributed by atoms with Gasteiger partial charge in [-0.2, -0.15) is 0 Å². The van der Waals surface area contributed by atoms with E-state index in [4.69, 9.17) is 0 Å². The lowest BCUT2D eigenvalue weighted by molar-refractivity contribution is -0.118. The van der Waals surface area contributed by atoms with Gasteiger partial charge in [-0.05, 0) is 5.56 Å². The molecule has 2 aromatic rings. The van der Waals surface area contributed by atoms with Gasteiger partial charge in [0, 0.05) is 13.6 Å². The van der Waals surface area contributed by atoms with Crippen molar-refractivity contribution in [2.75, 3.05) is 18.1 Å². The summed E-state index contributed by atoms with van der Waals surface area (Å²) in [6.07, 6.45) is 0. The second kappa shape index (κ2) is 7.10. The summed E-state index contributed by atoms with van der Waals surface area (Å²) in [6.45, 7) is 0.718. The van der Waals surface area contributed by atoms with Gasteiger partial charge in [-0.3, -0.25) is 4.79 Å². The minimum absolute atomic E-state index is 0.0148. The lowest BCUT2D eigenvalue weighted by Crippen LogP contribution is -2.19. The lowest BCUT2D eigenvalue weighted by atomic mass is 10.2. The second-order valence-corrected chi connectivity index (χ2v) is 5.87. The summed E-state index contributed by atoms with van der Waals surface area (Å²) in [5.41, 5.74) is 1.19. The zero-order valence-corrected chi connectivity index (χ0v) is 12.1. The van der Waals surface area contributed by atoms with Crippen LogP contribution in [0.25, 0.3) is 0 Å². The molecule has 19 heavy (non-hydrogen) atoms. The molecule has 0 saturated heterocycles. The van der Waals surface area contributed by atoms with Crippen LogP contribution in [0, 0.1) is 0 Å². The molecule has 1 heterocycles. The number of amides is 1. The summed E-state index contributed by atoms with van der Waals surface area (Å²) < 4.78 is 0.791. The van der Waals surface area contributed by atoms with E-state index in [1.54, 1.807) is 7.05 Å². The van der Waals surface area contributed by atoms with E-state index in [1.165, 1.54) is 28.7 Å². The zero-order chi connectivity index (χ0) is 13.5. The van der Waals surface area contributed by atoms with Gasteiger partial charge < -0.3 is 10.6 Å². The van der Waals surface area contributed by atoms with Crippen LogP contribution < -0.4 is 10.6 Å². The fourth-order valence-corrected chi connectivity index (χ4v) is 2.93. The van der Waals surface area contributed by atoms with E-state index >= 15 is 0 Å². The number of hydrogen-bond donors (Lipinski definition) is 2. The van der Waals surface area contributed by atoms with Crippen molar-refractivity contribution in [3.63, 3.8) is 0 Å². The maximum atomic E-state index is 11.1. The average molecular weight is 294 g/mol. The Kier molecular flexibility index (Phi) is 5.17. The molecule has 0 aliphatic carbocycles. The van der Waals surface area contributed by atoms with Crippen LogP contribution >= 0.6 is 23.1 Å². The number of nitrogens with zero attached hydrogens (tertiary/aromatic N) is 2. The molecule has 7 heteroatoms. The van der Waals surface area contributed by atoms with Crippen molar-refractivity contribution in [2.45, 2.75) is 10.9 Å². The molecule has 0 atom stereocenters. The molecule has 0 aliphatic rings. The van der Waals surface area contributed by atoms with Gasteiger partial charge in [-0.1, -0.05) is 53.4 Å². The highest BCUT2D eigenvalue weighted by atomic mass is 32.2. The molecule has 5 nitrogen and oxygen atoms in total. The minimum atomic E-state index is -0.0148. The Bertz CT molecular complexity index is 530. The first-order chi connectivity index (χ1) is 9.28. The molecule has 0 unspecified atom stereocenters. The van der Waals surface area contributed by atoms with Crippen molar-refractivity contribution >= 4 is 34.1 Å². The monoisotopic (exact) mass is 294 g/mol. The Morgan fingerprint density at radius 3 is 2.84 bits per heavy atom. The molecule has 0 aliphatic heterocycles. The van der Waals surface area contributed by atoms with E-state index in [0.717, 1.165) is 16.0 Å². The fourth-order valence-electron chi connectivity index (χ4n) is 1.31. The highest BCUT2D eigenvalue weighted by Gasteiger charge is 2.06. The van der Waals surface area contributed by atoms with E-state index in [9.17, 15) is 4.79 Å². The van der Waals surface area contributed by atoms with E-state index in [-0.39, 0.29) is 5.91 Å². The molecular weight excluding hydrogens is 280 g/mol. The van der Waals surface area contributed by atoms with E-state index in [2.05, 4.69) is 33.0 Å². The van der Waals surface area contributed by atoms with Crippen LogP contribution in [0.4, 0.5) is 5.13 Å². The van der Waals surface area contributed by atoms with Crippen molar-refractivity contribution in [1.29, 1.82) is 0 Å². The van der Waals surface area contributed by atoms with Gasteiger partial charge in [0.1, 0.15) is 0 Å². The molecule has 1 amide bonds. The Morgan fingerprint density at radius 1 is 1.32 bits per heavy atom. The number of aromatic nitrogens is 2. The molecule has 1 aromatic carbocycles. The smallest absolute Gasteiger partial charge is 0.230 e. The molecule has 1 aromatic heterocycles. The molecule has 0 radical (unpaired) electrons. The minimum Gasteiger partial charge on any atom is -0.358 e. The van der Waals surface area contributed by atoms with Crippen LogP contribution in [0.3, 0.4) is 0 Å². The van der Waals surface area contributed by atoms with E-state index in [0.29, 0.717) is 5.75 Å². The molecule has 0 spiro atoms. The van der Waals surface area contributed by atoms with Crippen LogP contribution in [0.2, 0.25) is 0 Å². The fraction of sp³-hybridized carbons (Fsp3) is 0.250. The number of rotatable bonds is 6. The van der Waals surface area contributed by atoms with Gasteiger partial charge in [0.25, 0.3) is 0 Å². The Morgan fingerprint density at radius 2 is 2.11 bits per heavy atom. The number of nitrogens with one attached hydrogen (secondary N) is 2. The van der Waals surface area contributed by atoms with Gasteiger partial charge in [-0.15, -0.1) is 10.2 Å². The average Bonchev–Trinajstić information content (AvgIpc) is 2.91. The first-order valence-corrected chi connectivity index (χ1v) is 7.53. The van der Waals surface area contributed by atoms with Crippen LogP contribution in [0.15, 0.2) is 34.7 Å². The quantitative estimate of drug-likeness (QED) is 0.798. The maximum Gasteiger partial charge on any atom is 0.230 e. The summed E-state index contributed by atoms with van der Waals surface area (Å²) >= 11 is 2.84. The summed E-state index contributed by atoms with van der Waals surface area (Å²) in [5, 5.41) is 14.6. The van der Waals surface area contributed by atoms with Crippen LogP contribution in [0.1, 0.15) is 5.56 Å². The summed E-state index contributed by atoms with van der Waals surface area (Å²) in [6, 6.07) is 10.1. The lowest BCUT2D eigenvalue weighted by Gasteiger charge is -2.00. The Labute approximate surface area is 119 Å². The molecule has 2 N–H and O–H groups in total. The third-order valence-electron chi connectivity index (χ3n) is 2.30. The highest BCUT2D eigenvalue weighted by Crippen LogP contribution is 2.25. The predicted octanol–water partition coefficient (Wildman–Crippen LogP) is 1.99. The SMILES string of the molecule is CNC(=O)CSc1nnc(NCc2ccccc2)s1. The van der Waals surface area contributed by atoms with Crippen LogP contribution in [0.5, 0.6) is 0 Å². The summed E-state index contributed by atoms with van der Waals surface area (Å²) in [4.78, 5) is 11.1. The highest BCUT2D eigenvalue weighted by molar-refractivity contribution is 8.01. The maximum absolute atomic E-state index is 11.1. The van der Waals surface area contributed by atoms with Crippen molar-refractivity contribution in [3.8, 4) is 0 Å². The number of anilines is 1. The molecule has 2 rings (SSSR count). The summed E-state index contributed by atoms with van der Waals surface area (Å²) in [7, 11) is 1.62. The van der Waals surface area contributed by atoms with Crippen molar-refractivity contribution in [3.05, 3.63) is 35.9 Å². The first kappa shape index (κ1) is 13.8. The van der Waals surface area contributed by atoms with Crippen LogP contribution in [-0.2, 0) is 11.3 Å². The Balaban J connectivity index is 1.82. The number of benzene rings is 1. The third kappa shape index (κ3) is 4.53. The topological polar surface area (TPSA) is 66.9 Å².